The van der Waals surface area contributed by atoms with Crippen molar-refractivity contribution in [2.75, 3.05) is 12.9 Å². The fourth-order valence-electron chi connectivity index (χ4n) is 1.89. The molecule has 0 unspecified atom stereocenters. The van der Waals surface area contributed by atoms with Crippen LogP contribution in [0.2, 0.25) is 0 Å². The highest BCUT2D eigenvalue weighted by molar-refractivity contribution is 7.98. The predicted octanol–water partition coefficient (Wildman–Crippen LogP) is 1.25. The van der Waals surface area contributed by atoms with Crippen LogP contribution < -0.4 is 5.32 Å². The third-order valence-electron chi connectivity index (χ3n) is 2.81. The van der Waals surface area contributed by atoms with E-state index in [1.807, 2.05) is 35.0 Å². The number of ether oxygens (including phenoxy) is 1. The SMILES string of the molecule is COC(=O)[C@H](CSCc1cn2ccccc2n1)NC(C)=O. The molecule has 2 heterocycles. The minimum atomic E-state index is -0.630. The van der Waals surface area contributed by atoms with E-state index in [0.717, 1.165) is 11.3 Å². The van der Waals surface area contributed by atoms with Gasteiger partial charge >= 0.3 is 5.97 Å². The molecular formula is C14H17N3O3S. The molecule has 1 N–H and O–H groups in total. The lowest BCUT2D eigenvalue weighted by Gasteiger charge is -2.14. The summed E-state index contributed by atoms with van der Waals surface area (Å²) < 4.78 is 6.62. The largest absolute Gasteiger partial charge is 0.467 e. The number of fused-ring (bicyclic) bond motifs is 1. The summed E-state index contributed by atoms with van der Waals surface area (Å²) in [5.41, 5.74) is 1.82. The van der Waals surface area contributed by atoms with Crippen LogP contribution in [0, 0.1) is 0 Å². The van der Waals surface area contributed by atoms with Crippen LogP contribution in [-0.4, -0.2) is 40.2 Å². The van der Waals surface area contributed by atoms with Crippen molar-refractivity contribution in [3.63, 3.8) is 0 Å². The van der Waals surface area contributed by atoms with Gasteiger partial charge in [0.15, 0.2) is 0 Å². The predicted molar refractivity (Wildman–Crippen MR) is 81.0 cm³/mol. The minimum absolute atomic E-state index is 0.251. The number of carbonyl (C=O) groups excluding carboxylic acids is 2. The second-order valence-corrected chi connectivity index (χ2v) is 5.52. The zero-order valence-electron chi connectivity index (χ0n) is 11.9. The van der Waals surface area contributed by atoms with E-state index >= 15 is 0 Å². The summed E-state index contributed by atoms with van der Waals surface area (Å²) in [5, 5.41) is 2.58. The summed E-state index contributed by atoms with van der Waals surface area (Å²) >= 11 is 1.52. The molecular weight excluding hydrogens is 290 g/mol. The highest BCUT2D eigenvalue weighted by Gasteiger charge is 2.20. The first-order valence-corrected chi connectivity index (χ1v) is 7.61. The van der Waals surface area contributed by atoms with Gasteiger partial charge in [0.05, 0.1) is 12.8 Å². The molecule has 0 aromatic carbocycles. The van der Waals surface area contributed by atoms with Crippen LogP contribution in [0.15, 0.2) is 30.6 Å². The van der Waals surface area contributed by atoms with Crippen LogP contribution in [0.4, 0.5) is 0 Å². The van der Waals surface area contributed by atoms with Gasteiger partial charge in [-0.3, -0.25) is 4.79 Å². The summed E-state index contributed by atoms with van der Waals surface area (Å²) in [7, 11) is 1.31. The van der Waals surface area contributed by atoms with E-state index < -0.39 is 12.0 Å². The topological polar surface area (TPSA) is 72.7 Å². The third-order valence-corrected chi connectivity index (χ3v) is 3.88. The van der Waals surface area contributed by atoms with E-state index in [1.165, 1.54) is 25.8 Å². The molecule has 6 nitrogen and oxygen atoms in total. The highest BCUT2D eigenvalue weighted by atomic mass is 32.2. The summed E-state index contributed by atoms with van der Waals surface area (Å²) in [6.07, 6.45) is 3.89. The molecule has 0 saturated heterocycles. The van der Waals surface area contributed by atoms with Crippen molar-refractivity contribution in [3.8, 4) is 0 Å². The lowest BCUT2D eigenvalue weighted by atomic mass is 10.3. The zero-order chi connectivity index (χ0) is 15.2. The van der Waals surface area contributed by atoms with Crippen LogP contribution >= 0.6 is 11.8 Å². The second-order valence-electron chi connectivity index (χ2n) is 4.49. The Balaban J connectivity index is 1.92. The Hall–Kier alpha value is -2.02. The maximum Gasteiger partial charge on any atom is 0.329 e. The Morgan fingerprint density at radius 1 is 1.48 bits per heavy atom. The molecule has 112 valence electrons. The number of hydrogen-bond donors (Lipinski definition) is 1. The van der Waals surface area contributed by atoms with E-state index in [1.54, 1.807) is 0 Å². The zero-order valence-corrected chi connectivity index (χ0v) is 12.7. The van der Waals surface area contributed by atoms with Gasteiger partial charge in [-0.2, -0.15) is 11.8 Å². The maximum absolute atomic E-state index is 11.6. The van der Waals surface area contributed by atoms with Gasteiger partial charge in [0, 0.05) is 30.8 Å². The molecule has 0 saturated carbocycles. The quantitative estimate of drug-likeness (QED) is 0.813. The molecule has 2 aromatic heterocycles. The van der Waals surface area contributed by atoms with Crippen LogP contribution in [0.1, 0.15) is 12.6 Å². The molecule has 1 atom stereocenters. The Morgan fingerprint density at radius 2 is 2.29 bits per heavy atom. The van der Waals surface area contributed by atoms with Crippen molar-refractivity contribution in [1.82, 2.24) is 14.7 Å². The van der Waals surface area contributed by atoms with Gasteiger partial charge in [-0.15, -0.1) is 0 Å². The Bertz CT molecular complexity index is 608. The number of pyridine rings is 1. The molecule has 2 rings (SSSR count). The summed E-state index contributed by atoms with van der Waals surface area (Å²) in [6, 6.07) is 5.18. The van der Waals surface area contributed by atoms with Gasteiger partial charge in [-0.1, -0.05) is 6.07 Å². The van der Waals surface area contributed by atoms with Crippen molar-refractivity contribution in [2.45, 2.75) is 18.7 Å². The van der Waals surface area contributed by atoms with Crippen molar-refractivity contribution < 1.29 is 14.3 Å². The second kappa shape index (κ2) is 7.12. The van der Waals surface area contributed by atoms with E-state index in [-0.39, 0.29) is 5.91 Å². The third kappa shape index (κ3) is 4.22. The van der Waals surface area contributed by atoms with Gasteiger partial charge in [-0.05, 0) is 12.1 Å². The Morgan fingerprint density at radius 3 is 2.95 bits per heavy atom. The Kier molecular flexibility index (Phi) is 5.21. The van der Waals surface area contributed by atoms with Crippen molar-refractivity contribution in [2.24, 2.45) is 0 Å². The summed E-state index contributed by atoms with van der Waals surface area (Å²) in [5.74, 6) is 0.418. The number of carbonyl (C=O) groups is 2. The number of thioether (sulfide) groups is 1. The molecule has 0 aliphatic heterocycles. The fraction of sp³-hybridized carbons (Fsp3) is 0.357. The number of nitrogens with zero attached hydrogens (tertiary/aromatic N) is 2. The first-order valence-electron chi connectivity index (χ1n) is 6.45. The Labute approximate surface area is 126 Å². The molecule has 0 fully saturated rings. The van der Waals surface area contributed by atoms with Gasteiger partial charge < -0.3 is 14.5 Å². The monoisotopic (exact) mass is 307 g/mol. The smallest absolute Gasteiger partial charge is 0.329 e. The van der Waals surface area contributed by atoms with Gasteiger partial charge in [0.25, 0.3) is 0 Å². The van der Waals surface area contributed by atoms with E-state index in [4.69, 9.17) is 0 Å². The number of esters is 1. The van der Waals surface area contributed by atoms with Gasteiger partial charge in [0.2, 0.25) is 5.91 Å². The number of nitrogens with one attached hydrogen (secondary N) is 1. The van der Waals surface area contributed by atoms with Crippen LogP contribution in [0.25, 0.3) is 5.65 Å². The molecule has 2 aromatic rings. The number of amides is 1. The maximum atomic E-state index is 11.6. The van der Waals surface area contributed by atoms with Crippen molar-refractivity contribution in [1.29, 1.82) is 0 Å². The average Bonchev–Trinajstić information content (AvgIpc) is 2.87. The molecule has 7 heteroatoms. The summed E-state index contributed by atoms with van der Waals surface area (Å²) in [6.45, 7) is 1.38. The standard InChI is InChI=1S/C14H17N3O3S/c1-10(18)15-12(14(19)20-2)9-21-8-11-7-17-6-4-3-5-13(17)16-11/h3-7,12H,8-9H2,1-2H3,(H,15,18)/t12-/m0/s1. The number of aromatic nitrogens is 2. The molecule has 0 spiro atoms. The van der Waals surface area contributed by atoms with E-state index in [0.29, 0.717) is 11.5 Å². The number of rotatable bonds is 6. The van der Waals surface area contributed by atoms with Gasteiger partial charge in [-0.25, -0.2) is 9.78 Å². The first kappa shape index (κ1) is 15.4. The van der Waals surface area contributed by atoms with Gasteiger partial charge in [0.1, 0.15) is 11.7 Å². The molecule has 0 aliphatic rings. The average molecular weight is 307 g/mol. The lowest BCUT2D eigenvalue weighted by molar-refractivity contribution is -0.144. The van der Waals surface area contributed by atoms with E-state index in [9.17, 15) is 9.59 Å². The molecule has 1 amide bonds. The molecule has 0 bridgehead atoms. The van der Waals surface area contributed by atoms with Crippen LogP contribution in [0.3, 0.4) is 0 Å². The molecule has 0 aliphatic carbocycles. The molecule has 0 radical (unpaired) electrons. The number of imidazole rings is 1. The first-order chi connectivity index (χ1) is 10.1. The normalized spacial score (nSPS) is 12.1. The van der Waals surface area contributed by atoms with Crippen molar-refractivity contribution >= 4 is 29.3 Å². The fourth-order valence-corrected chi connectivity index (χ4v) is 2.82. The lowest BCUT2D eigenvalue weighted by Crippen LogP contribution is -2.42. The summed E-state index contributed by atoms with van der Waals surface area (Å²) in [4.78, 5) is 27.1. The molecule has 21 heavy (non-hydrogen) atoms. The van der Waals surface area contributed by atoms with Crippen LogP contribution in [-0.2, 0) is 20.1 Å². The van der Waals surface area contributed by atoms with Crippen molar-refractivity contribution in [3.05, 3.63) is 36.3 Å². The van der Waals surface area contributed by atoms with E-state index in [2.05, 4.69) is 15.0 Å². The van der Waals surface area contributed by atoms with Crippen LogP contribution in [0.5, 0.6) is 0 Å². The number of methoxy groups -OCH3 is 1. The minimum Gasteiger partial charge on any atom is -0.467 e. The highest BCUT2D eigenvalue weighted by Crippen LogP contribution is 2.14. The number of hydrogen-bond acceptors (Lipinski definition) is 5.